The maximum atomic E-state index is 12.0. The van der Waals surface area contributed by atoms with Gasteiger partial charge in [-0.1, -0.05) is 0 Å². The second kappa shape index (κ2) is 2.91. The molecule has 2 atom stereocenters. The fourth-order valence-corrected chi connectivity index (χ4v) is 5.37. The van der Waals surface area contributed by atoms with Crippen LogP contribution in [0, 0.1) is 17.3 Å². The third-order valence-corrected chi connectivity index (χ3v) is 5.14. The largest absolute Gasteiger partial charge is 0.359 e. The van der Waals surface area contributed by atoms with Crippen molar-refractivity contribution < 1.29 is 4.79 Å². The average Bonchev–Trinajstić information content (AvgIpc) is 2.12. The molecule has 4 fully saturated rings. The topological polar surface area (TPSA) is 29.1 Å². The van der Waals surface area contributed by atoms with Gasteiger partial charge in [-0.3, -0.25) is 4.79 Å². The van der Waals surface area contributed by atoms with Gasteiger partial charge in [0.05, 0.1) is 5.41 Å². The summed E-state index contributed by atoms with van der Waals surface area (Å²) < 4.78 is 0. The van der Waals surface area contributed by atoms with Crippen LogP contribution in [0.3, 0.4) is 0 Å². The zero-order valence-electron chi connectivity index (χ0n) is 9.18. The van der Waals surface area contributed by atoms with Crippen molar-refractivity contribution in [1.29, 1.82) is 0 Å². The lowest BCUT2D eigenvalue weighted by molar-refractivity contribution is -0.144. The highest BCUT2D eigenvalue weighted by molar-refractivity contribution is 6.24. The summed E-state index contributed by atoms with van der Waals surface area (Å²) in [5.41, 5.74) is -0.111. The number of carbonyl (C=O) groups excluding carboxylic acids is 1. The second-order valence-corrected chi connectivity index (χ2v) is 6.77. The molecule has 0 aromatic heterocycles. The normalized spacial score (nSPS) is 51.9. The van der Waals surface area contributed by atoms with E-state index in [1.165, 1.54) is 6.42 Å². The predicted molar refractivity (Wildman–Crippen MR) is 59.8 cm³/mol. The molecule has 0 aromatic carbocycles. The van der Waals surface area contributed by atoms with Crippen molar-refractivity contribution in [2.24, 2.45) is 17.3 Å². The van der Waals surface area contributed by atoms with Gasteiger partial charge >= 0.3 is 0 Å². The van der Waals surface area contributed by atoms with E-state index >= 15 is 0 Å². The van der Waals surface area contributed by atoms with Crippen molar-refractivity contribution in [2.75, 3.05) is 7.05 Å². The molecule has 3 heteroatoms. The summed E-state index contributed by atoms with van der Waals surface area (Å²) in [7, 11) is 1.75. The van der Waals surface area contributed by atoms with E-state index in [2.05, 4.69) is 5.32 Å². The number of amides is 1. The molecule has 0 aromatic rings. The third-order valence-electron chi connectivity index (χ3n) is 4.70. The molecule has 0 spiro atoms. The molecule has 4 aliphatic rings. The summed E-state index contributed by atoms with van der Waals surface area (Å²) in [6, 6.07) is 0. The molecule has 4 saturated carbocycles. The second-order valence-electron chi connectivity index (χ2n) is 5.97. The minimum absolute atomic E-state index is 0.0450. The summed E-state index contributed by atoms with van der Waals surface area (Å²) in [6.07, 6.45) is 6.67. The van der Waals surface area contributed by atoms with Gasteiger partial charge in [-0.2, -0.15) is 0 Å². The maximum absolute atomic E-state index is 12.0. The molecular weight excluding hydrogens is 210 g/mol. The van der Waals surface area contributed by atoms with Crippen molar-refractivity contribution in [3.8, 4) is 0 Å². The molecule has 4 aliphatic carbocycles. The Morgan fingerprint density at radius 3 is 2.33 bits per heavy atom. The van der Waals surface area contributed by atoms with Crippen molar-refractivity contribution in [3.05, 3.63) is 0 Å². The smallest absolute Gasteiger partial charge is 0.226 e. The fourth-order valence-electron chi connectivity index (χ4n) is 4.68. The first-order chi connectivity index (χ1) is 7.05. The van der Waals surface area contributed by atoms with Crippen LogP contribution in [-0.4, -0.2) is 17.8 Å². The zero-order valence-corrected chi connectivity index (χ0v) is 9.94. The van der Waals surface area contributed by atoms with E-state index in [0.717, 1.165) is 32.1 Å². The summed E-state index contributed by atoms with van der Waals surface area (Å²) in [5.74, 6) is 1.66. The number of carbonyl (C=O) groups is 1. The van der Waals surface area contributed by atoms with E-state index in [9.17, 15) is 4.79 Å². The summed E-state index contributed by atoms with van der Waals surface area (Å²) >= 11 is 6.64. The molecule has 4 rings (SSSR count). The molecule has 2 nitrogen and oxygen atoms in total. The van der Waals surface area contributed by atoms with Crippen molar-refractivity contribution in [3.63, 3.8) is 0 Å². The van der Waals surface area contributed by atoms with Gasteiger partial charge in [-0.05, 0) is 50.4 Å². The van der Waals surface area contributed by atoms with Gasteiger partial charge in [0, 0.05) is 11.9 Å². The maximum Gasteiger partial charge on any atom is 0.226 e. The molecule has 84 valence electrons. The Balaban J connectivity index is 1.96. The lowest BCUT2D eigenvalue weighted by atomic mass is 9.49. The minimum atomic E-state index is -0.111. The highest BCUT2D eigenvalue weighted by Gasteiger charge is 2.59. The first kappa shape index (κ1) is 9.95. The molecule has 1 N–H and O–H groups in total. The van der Waals surface area contributed by atoms with Crippen molar-refractivity contribution >= 4 is 17.5 Å². The van der Waals surface area contributed by atoms with Crippen LogP contribution in [0.2, 0.25) is 0 Å². The lowest BCUT2D eigenvalue weighted by Crippen LogP contribution is -2.58. The van der Waals surface area contributed by atoms with E-state index in [0.29, 0.717) is 11.8 Å². The van der Waals surface area contributed by atoms with E-state index < -0.39 is 0 Å². The monoisotopic (exact) mass is 227 g/mol. The zero-order chi connectivity index (χ0) is 10.7. The third kappa shape index (κ3) is 1.33. The van der Waals surface area contributed by atoms with Crippen LogP contribution >= 0.6 is 11.6 Å². The van der Waals surface area contributed by atoms with Crippen LogP contribution in [0.5, 0.6) is 0 Å². The highest BCUT2D eigenvalue weighted by atomic mass is 35.5. The highest BCUT2D eigenvalue weighted by Crippen LogP contribution is 2.63. The fraction of sp³-hybridized carbons (Fsp3) is 0.917. The Kier molecular flexibility index (Phi) is 1.93. The van der Waals surface area contributed by atoms with Gasteiger partial charge in [0.1, 0.15) is 0 Å². The molecule has 15 heavy (non-hydrogen) atoms. The van der Waals surface area contributed by atoms with Crippen molar-refractivity contribution in [2.45, 2.75) is 43.4 Å². The molecule has 0 radical (unpaired) electrons. The summed E-state index contributed by atoms with van der Waals surface area (Å²) in [6.45, 7) is 0. The molecule has 0 heterocycles. The number of nitrogens with one attached hydrogen (secondary N) is 1. The van der Waals surface area contributed by atoms with Gasteiger partial charge < -0.3 is 5.32 Å². The van der Waals surface area contributed by atoms with Gasteiger partial charge in [-0.25, -0.2) is 0 Å². The van der Waals surface area contributed by atoms with Gasteiger partial charge in [0.25, 0.3) is 0 Å². The molecule has 0 saturated heterocycles. The Morgan fingerprint density at radius 1 is 1.27 bits per heavy atom. The van der Waals surface area contributed by atoms with Crippen molar-refractivity contribution in [1.82, 2.24) is 5.32 Å². The number of alkyl halides is 1. The Morgan fingerprint density at radius 2 is 1.87 bits per heavy atom. The number of rotatable bonds is 1. The van der Waals surface area contributed by atoms with Crippen LogP contribution in [-0.2, 0) is 4.79 Å². The SMILES string of the molecule is CNC(=O)C12CC3CC(CC(Cl)(C3)C1)C2. The minimum Gasteiger partial charge on any atom is -0.359 e. The number of halogens is 1. The average molecular weight is 228 g/mol. The number of hydrogen-bond acceptors (Lipinski definition) is 1. The van der Waals surface area contributed by atoms with Crippen LogP contribution < -0.4 is 5.32 Å². The Bertz CT molecular complexity index is 301. The number of hydrogen-bond donors (Lipinski definition) is 1. The molecule has 0 aliphatic heterocycles. The van der Waals surface area contributed by atoms with E-state index in [4.69, 9.17) is 11.6 Å². The lowest BCUT2D eigenvalue weighted by Gasteiger charge is -2.59. The first-order valence-corrected chi connectivity index (χ1v) is 6.34. The van der Waals surface area contributed by atoms with Gasteiger partial charge in [-0.15, -0.1) is 11.6 Å². The summed E-state index contributed by atoms with van der Waals surface area (Å²) in [4.78, 5) is 12.0. The predicted octanol–water partition coefficient (Wildman–Crippen LogP) is 2.31. The molecule has 1 amide bonds. The Labute approximate surface area is 95.8 Å². The van der Waals surface area contributed by atoms with E-state index in [1.54, 1.807) is 7.05 Å². The molecular formula is C12H18ClNO. The van der Waals surface area contributed by atoms with Crippen LogP contribution in [0.1, 0.15) is 38.5 Å². The van der Waals surface area contributed by atoms with Gasteiger partial charge in [0.2, 0.25) is 5.91 Å². The van der Waals surface area contributed by atoms with Crippen LogP contribution in [0.4, 0.5) is 0 Å². The van der Waals surface area contributed by atoms with Crippen LogP contribution in [0.15, 0.2) is 0 Å². The van der Waals surface area contributed by atoms with E-state index in [-0.39, 0.29) is 16.2 Å². The van der Waals surface area contributed by atoms with Crippen LogP contribution in [0.25, 0.3) is 0 Å². The quantitative estimate of drug-likeness (QED) is 0.685. The molecule has 4 bridgehead atoms. The van der Waals surface area contributed by atoms with E-state index in [1.807, 2.05) is 0 Å². The molecule has 2 unspecified atom stereocenters. The summed E-state index contributed by atoms with van der Waals surface area (Å²) in [5, 5.41) is 2.84. The standard InChI is InChI=1S/C12H18ClNO/c1-14-10(15)11-3-8-2-9(4-11)6-12(13,5-8)7-11/h8-9H,2-7H2,1H3,(H,14,15). The van der Waals surface area contributed by atoms with Gasteiger partial charge in [0.15, 0.2) is 0 Å². The first-order valence-electron chi connectivity index (χ1n) is 5.96. The Hall–Kier alpha value is -0.240.